The van der Waals surface area contributed by atoms with Gasteiger partial charge in [-0.15, -0.1) is 0 Å². The lowest BCUT2D eigenvalue weighted by Crippen LogP contribution is -2.02. The Morgan fingerprint density at radius 1 is 1.70 bits per heavy atom. The van der Waals surface area contributed by atoms with E-state index in [1.54, 1.807) is 0 Å². The van der Waals surface area contributed by atoms with Crippen molar-refractivity contribution in [1.82, 2.24) is 4.98 Å². The standard InChI is InChI=1S/C7H6ClNO/c1-2-5-3-7(10)9-4-6(5)8/h2-4H,1H2,(H,9,10). The Labute approximate surface area is 63.2 Å². The molecule has 0 aromatic carbocycles. The summed E-state index contributed by atoms with van der Waals surface area (Å²) in [4.78, 5) is 13.1. The fourth-order valence-corrected chi connectivity index (χ4v) is 0.812. The van der Waals surface area contributed by atoms with Gasteiger partial charge in [0.15, 0.2) is 0 Å². The average Bonchev–Trinajstić information content (AvgIpc) is 1.94. The molecule has 0 spiro atoms. The molecule has 0 radical (unpaired) electrons. The molecule has 3 heteroatoms. The van der Waals surface area contributed by atoms with Crippen LogP contribution in [0.2, 0.25) is 5.02 Å². The minimum atomic E-state index is -0.167. The van der Waals surface area contributed by atoms with Gasteiger partial charge in [0, 0.05) is 12.3 Å². The number of rotatable bonds is 1. The molecule has 52 valence electrons. The van der Waals surface area contributed by atoms with E-state index < -0.39 is 0 Å². The van der Waals surface area contributed by atoms with Crippen LogP contribution in [0.25, 0.3) is 6.08 Å². The summed E-state index contributed by atoms with van der Waals surface area (Å²) >= 11 is 5.65. The van der Waals surface area contributed by atoms with E-state index in [0.29, 0.717) is 10.6 Å². The third kappa shape index (κ3) is 1.28. The minimum Gasteiger partial charge on any atom is -0.328 e. The zero-order valence-corrected chi connectivity index (χ0v) is 5.98. The zero-order valence-electron chi connectivity index (χ0n) is 5.23. The van der Waals surface area contributed by atoms with Gasteiger partial charge in [0.1, 0.15) is 0 Å². The lowest BCUT2D eigenvalue weighted by molar-refractivity contribution is 1.23. The van der Waals surface area contributed by atoms with Crippen LogP contribution in [-0.2, 0) is 0 Å². The van der Waals surface area contributed by atoms with E-state index in [4.69, 9.17) is 11.6 Å². The number of hydrogen-bond acceptors (Lipinski definition) is 1. The molecule has 0 saturated heterocycles. The van der Waals surface area contributed by atoms with Crippen molar-refractivity contribution < 1.29 is 0 Å². The van der Waals surface area contributed by atoms with Crippen LogP contribution in [0.15, 0.2) is 23.6 Å². The van der Waals surface area contributed by atoms with Gasteiger partial charge < -0.3 is 4.98 Å². The van der Waals surface area contributed by atoms with Crippen molar-refractivity contribution in [3.63, 3.8) is 0 Å². The monoisotopic (exact) mass is 155 g/mol. The predicted octanol–water partition coefficient (Wildman–Crippen LogP) is 1.67. The molecule has 1 aromatic heterocycles. The Balaban J connectivity index is 3.35. The first kappa shape index (κ1) is 7.09. The molecule has 10 heavy (non-hydrogen) atoms. The number of hydrogen-bond donors (Lipinski definition) is 1. The molecule has 1 N–H and O–H groups in total. The molecular weight excluding hydrogens is 150 g/mol. The Hall–Kier alpha value is -1.02. The van der Waals surface area contributed by atoms with Crippen molar-refractivity contribution in [1.29, 1.82) is 0 Å². The molecule has 0 aliphatic heterocycles. The Morgan fingerprint density at radius 3 is 2.90 bits per heavy atom. The SMILES string of the molecule is C=Cc1cc(=O)[nH]cc1Cl. The Kier molecular flexibility index (Phi) is 1.92. The number of H-pyrrole nitrogens is 1. The van der Waals surface area contributed by atoms with E-state index in [1.165, 1.54) is 18.3 Å². The quantitative estimate of drug-likeness (QED) is 0.658. The van der Waals surface area contributed by atoms with Crippen LogP contribution >= 0.6 is 11.6 Å². The average molecular weight is 156 g/mol. The lowest BCUT2D eigenvalue weighted by Gasteiger charge is -1.92. The largest absolute Gasteiger partial charge is 0.328 e. The molecule has 0 saturated carbocycles. The zero-order chi connectivity index (χ0) is 7.56. The van der Waals surface area contributed by atoms with Crippen LogP contribution in [0.4, 0.5) is 0 Å². The van der Waals surface area contributed by atoms with Gasteiger partial charge in [-0.1, -0.05) is 24.3 Å². The van der Waals surface area contributed by atoms with Crippen LogP contribution in [0.3, 0.4) is 0 Å². The summed E-state index contributed by atoms with van der Waals surface area (Å²) in [5.74, 6) is 0. The molecule has 1 heterocycles. The fourth-order valence-electron chi connectivity index (χ4n) is 0.626. The van der Waals surface area contributed by atoms with Crippen molar-refractivity contribution in [3.8, 4) is 0 Å². The first-order valence-corrected chi connectivity index (χ1v) is 3.12. The van der Waals surface area contributed by atoms with E-state index in [1.807, 2.05) is 0 Å². The Bertz CT molecular complexity index is 303. The van der Waals surface area contributed by atoms with E-state index in [-0.39, 0.29) is 5.56 Å². The van der Waals surface area contributed by atoms with Crippen molar-refractivity contribution in [3.05, 3.63) is 39.8 Å². The van der Waals surface area contributed by atoms with Crippen molar-refractivity contribution in [2.75, 3.05) is 0 Å². The molecule has 0 amide bonds. The van der Waals surface area contributed by atoms with Crippen LogP contribution in [0.1, 0.15) is 5.56 Å². The highest BCUT2D eigenvalue weighted by molar-refractivity contribution is 6.31. The number of halogens is 1. The highest BCUT2D eigenvalue weighted by Crippen LogP contribution is 2.11. The van der Waals surface area contributed by atoms with E-state index in [9.17, 15) is 4.79 Å². The first-order valence-electron chi connectivity index (χ1n) is 2.74. The summed E-state index contributed by atoms with van der Waals surface area (Å²) in [5.41, 5.74) is 0.490. The van der Waals surface area contributed by atoms with Gasteiger partial charge in [0.2, 0.25) is 5.56 Å². The lowest BCUT2D eigenvalue weighted by atomic mass is 10.3. The van der Waals surface area contributed by atoms with Crippen molar-refractivity contribution in [2.24, 2.45) is 0 Å². The summed E-state index contributed by atoms with van der Waals surface area (Å²) in [7, 11) is 0. The topological polar surface area (TPSA) is 32.9 Å². The Morgan fingerprint density at radius 2 is 2.40 bits per heavy atom. The summed E-state index contributed by atoms with van der Waals surface area (Å²) in [6, 6.07) is 1.40. The molecule has 2 nitrogen and oxygen atoms in total. The maximum atomic E-state index is 10.6. The second-order valence-corrected chi connectivity index (χ2v) is 2.21. The second-order valence-electron chi connectivity index (χ2n) is 1.80. The summed E-state index contributed by atoms with van der Waals surface area (Å²) in [6.07, 6.45) is 2.98. The van der Waals surface area contributed by atoms with Crippen LogP contribution in [-0.4, -0.2) is 4.98 Å². The van der Waals surface area contributed by atoms with Crippen molar-refractivity contribution in [2.45, 2.75) is 0 Å². The van der Waals surface area contributed by atoms with Crippen LogP contribution < -0.4 is 5.56 Å². The van der Waals surface area contributed by atoms with Crippen LogP contribution in [0.5, 0.6) is 0 Å². The van der Waals surface area contributed by atoms with Gasteiger partial charge in [-0.3, -0.25) is 4.79 Å². The summed E-state index contributed by atoms with van der Waals surface area (Å²) in [5, 5.41) is 0.509. The van der Waals surface area contributed by atoms with Gasteiger partial charge in [-0.2, -0.15) is 0 Å². The van der Waals surface area contributed by atoms with E-state index >= 15 is 0 Å². The van der Waals surface area contributed by atoms with Gasteiger partial charge in [0.25, 0.3) is 0 Å². The van der Waals surface area contributed by atoms with E-state index in [0.717, 1.165) is 0 Å². The van der Waals surface area contributed by atoms with E-state index in [2.05, 4.69) is 11.6 Å². The molecule has 0 fully saturated rings. The normalized spacial score (nSPS) is 9.30. The van der Waals surface area contributed by atoms with Gasteiger partial charge in [-0.05, 0) is 5.56 Å². The molecule has 0 aliphatic rings. The predicted molar refractivity (Wildman–Crippen MR) is 42.2 cm³/mol. The molecule has 0 aliphatic carbocycles. The smallest absolute Gasteiger partial charge is 0.248 e. The second kappa shape index (κ2) is 2.71. The van der Waals surface area contributed by atoms with Gasteiger partial charge >= 0.3 is 0 Å². The highest BCUT2D eigenvalue weighted by Gasteiger charge is 1.93. The third-order valence-electron chi connectivity index (χ3n) is 1.12. The molecule has 0 atom stereocenters. The maximum Gasteiger partial charge on any atom is 0.248 e. The number of nitrogens with one attached hydrogen (secondary N) is 1. The minimum absolute atomic E-state index is 0.167. The molecule has 1 aromatic rings. The molecular formula is C7H6ClNO. The van der Waals surface area contributed by atoms with Gasteiger partial charge in [-0.25, -0.2) is 0 Å². The number of aromatic amines is 1. The number of aromatic nitrogens is 1. The fraction of sp³-hybridized carbons (Fsp3) is 0. The van der Waals surface area contributed by atoms with Gasteiger partial charge in [0.05, 0.1) is 5.02 Å². The first-order chi connectivity index (χ1) is 4.74. The van der Waals surface area contributed by atoms with Crippen LogP contribution in [0, 0.1) is 0 Å². The molecule has 0 bridgehead atoms. The highest BCUT2D eigenvalue weighted by atomic mass is 35.5. The maximum absolute atomic E-state index is 10.6. The number of pyridine rings is 1. The summed E-state index contributed by atoms with van der Waals surface area (Å²) in [6.45, 7) is 3.50. The third-order valence-corrected chi connectivity index (χ3v) is 1.45. The van der Waals surface area contributed by atoms with Crippen molar-refractivity contribution >= 4 is 17.7 Å². The molecule has 0 unspecified atom stereocenters. The molecule has 1 rings (SSSR count). The summed E-state index contributed by atoms with van der Waals surface area (Å²) < 4.78 is 0.